The van der Waals surface area contributed by atoms with E-state index in [9.17, 15) is 9.59 Å². The molecule has 0 aromatic carbocycles. The molecule has 118 valence electrons. The predicted molar refractivity (Wildman–Crippen MR) is 83.0 cm³/mol. The Bertz CT molecular complexity index is 249. The Morgan fingerprint density at radius 3 is 1.50 bits per heavy atom. The Hall–Kier alpha value is -0.700. The van der Waals surface area contributed by atoms with Gasteiger partial charge in [-0.1, -0.05) is 51.4 Å². The minimum Gasteiger partial charge on any atom is -0.377 e. The summed E-state index contributed by atoms with van der Waals surface area (Å²) in [5.74, 6) is 0.534. The molecule has 0 N–H and O–H groups in total. The van der Waals surface area contributed by atoms with Crippen LogP contribution in [-0.4, -0.2) is 25.3 Å². The van der Waals surface area contributed by atoms with Crippen molar-refractivity contribution in [1.82, 2.24) is 0 Å². The Balaban J connectivity index is 3.06. The van der Waals surface area contributed by atoms with Gasteiger partial charge in [-0.15, -0.1) is 0 Å². The third-order valence-electron chi connectivity index (χ3n) is 3.54. The van der Waals surface area contributed by atoms with E-state index in [1.165, 1.54) is 44.9 Å². The van der Waals surface area contributed by atoms with Crippen molar-refractivity contribution < 1.29 is 14.3 Å². The van der Waals surface area contributed by atoms with Crippen LogP contribution < -0.4 is 0 Å². The monoisotopic (exact) mass is 284 g/mol. The molecule has 0 saturated carbocycles. The summed E-state index contributed by atoms with van der Waals surface area (Å²) in [5.41, 5.74) is 0. The average Bonchev–Trinajstić information content (AvgIpc) is 2.40. The molecule has 0 aliphatic heterocycles. The first-order valence-electron chi connectivity index (χ1n) is 8.17. The van der Waals surface area contributed by atoms with Gasteiger partial charge in [0.2, 0.25) is 0 Å². The lowest BCUT2D eigenvalue weighted by Gasteiger charge is -2.02. The van der Waals surface area contributed by atoms with E-state index in [1.807, 2.05) is 0 Å². The summed E-state index contributed by atoms with van der Waals surface area (Å²) in [5, 5.41) is 0. The first-order chi connectivity index (χ1) is 9.66. The maximum absolute atomic E-state index is 11.2. The number of Topliss-reactive ketones (excluding diaryl/α,β-unsaturated/α-hetero) is 2. The average molecular weight is 284 g/mol. The molecular weight excluding hydrogens is 252 g/mol. The van der Waals surface area contributed by atoms with Gasteiger partial charge in [-0.2, -0.15) is 0 Å². The molecule has 0 aliphatic rings. The lowest BCUT2D eigenvalue weighted by Crippen LogP contribution is -2.05. The molecule has 3 nitrogen and oxygen atoms in total. The molecule has 0 aliphatic carbocycles. The highest BCUT2D eigenvalue weighted by molar-refractivity contribution is 5.79. The maximum Gasteiger partial charge on any atom is 0.158 e. The van der Waals surface area contributed by atoms with E-state index in [1.54, 1.807) is 14.0 Å². The summed E-state index contributed by atoms with van der Waals surface area (Å²) >= 11 is 0. The van der Waals surface area contributed by atoms with Crippen LogP contribution in [0.2, 0.25) is 0 Å². The second kappa shape index (κ2) is 14.7. The van der Waals surface area contributed by atoms with Crippen LogP contribution in [0.4, 0.5) is 0 Å². The van der Waals surface area contributed by atoms with Crippen molar-refractivity contribution in [3.63, 3.8) is 0 Å². The number of ketones is 2. The zero-order chi connectivity index (χ0) is 15.1. The SMILES string of the molecule is COCC(=O)CCCCCCCCCCCCC(C)=O. The van der Waals surface area contributed by atoms with Gasteiger partial charge < -0.3 is 9.53 Å². The van der Waals surface area contributed by atoms with Crippen LogP contribution in [0, 0.1) is 0 Å². The molecule has 0 amide bonds. The van der Waals surface area contributed by atoms with E-state index < -0.39 is 0 Å². The number of carbonyl (C=O) groups is 2. The van der Waals surface area contributed by atoms with Gasteiger partial charge in [0.1, 0.15) is 12.4 Å². The van der Waals surface area contributed by atoms with Gasteiger partial charge in [-0.25, -0.2) is 0 Å². The second-order valence-corrected chi connectivity index (χ2v) is 5.71. The summed E-state index contributed by atoms with van der Waals surface area (Å²) in [4.78, 5) is 22.0. The molecule has 0 fully saturated rings. The fourth-order valence-corrected chi connectivity index (χ4v) is 2.34. The Labute approximate surface area is 124 Å². The molecule has 0 saturated heterocycles. The van der Waals surface area contributed by atoms with E-state index in [-0.39, 0.29) is 12.4 Å². The van der Waals surface area contributed by atoms with E-state index in [0.717, 1.165) is 25.7 Å². The molecular formula is C17H32O3. The molecule has 0 atom stereocenters. The Kier molecular flexibility index (Phi) is 14.2. The number of ether oxygens (including phenoxy) is 1. The minimum absolute atomic E-state index is 0.220. The van der Waals surface area contributed by atoms with Gasteiger partial charge in [0.15, 0.2) is 5.78 Å². The molecule has 20 heavy (non-hydrogen) atoms. The lowest BCUT2D eigenvalue weighted by atomic mass is 10.0. The van der Waals surface area contributed by atoms with E-state index in [0.29, 0.717) is 12.2 Å². The van der Waals surface area contributed by atoms with Crippen molar-refractivity contribution >= 4 is 11.6 Å². The Morgan fingerprint density at radius 2 is 1.10 bits per heavy atom. The molecule has 0 aromatic rings. The van der Waals surface area contributed by atoms with Gasteiger partial charge in [-0.05, 0) is 19.8 Å². The zero-order valence-electron chi connectivity index (χ0n) is 13.4. The fourth-order valence-electron chi connectivity index (χ4n) is 2.34. The van der Waals surface area contributed by atoms with Crippen LogP contribution >= 0.6 is 0 Å². The van der Waals surface area contributed by atoms with Crippen LogP contribution in [0.3, 0.4) is 0 Å². The number of hydrogen-bond acceptors (Lipinski definition) is 3. The summed E-state index contributed by atoms with van der Waals surface area (Å²) in [6, 6.07) is 0. The number of carbonyl (C=O) groups excluding carboxylic acids is 2. The number of methoxy groups -OCH3 is 1. The molecule has 0 aromatic heterocycles. The van der Waals surface area contributed by atoms with Crippen molar-refractivity contribution in [1.29, 1.82) is 0 Å². The predicted octanol–water partition coefficient (Wildman–Crippen LogP) is 4.47. The number of rotatable bonds is 15. The van der Waals surface area contributed by atoms with Crippen molar-refractivity contribution in [2.24, 2.45) is 0 Å². The fraction of sp³-hybridized carbons (Fsp3) is 0.882. The summed E-state index contributed by atoms with van der Waals surface area (Å²) in [6.07, 6.45) is 13.5. The quantitative estimate of drug-likeness (QED) is 0.417. The first-order valence-corrected chi connectivity index (χ1v) is 8.17. The van der Waals surface area contributed by atoms with Crippen LogP contribution in [-0.2, 0) is 14.3 Å². The van der Waals surface area contributed by atoms with Crippen molar-refractivity contribution in [3.05, 3.63) is 0 Å². The normalized spacial score (nSPS) is 10.7. The van der Waals surface area contributed by atoms with Crippen molar-refractivity contribution in [2.75, 3.05) is 13.7 Å². The number of unbranched alkanes of at least 4 members (excludes halogenated alkanes) is 9. The summed E-state index contributed by atoms with van der Waals surface area (Å²) < 4.78 is 4.80. The Morgan fingerprint density at radius 1 is 0.700 bits per heavy atom. The van der Waals surface area contributed by atoms with Crippen LogP contribution in [0.5, 0.6) is 0 Å². The first kappa shape index (κ1) is 19.3. The largest absolute Gasteiger partial charge is 0.377 e. The maximum atomic E-state index is 11.2. The van der Waals surface area contributed by atoms with Crippen molar-refractivity contribution in [3.8, 4) is 0 Å². The third kappa shape index (κ3) is 15.4. The minimum atomic E-state index is 0.220. The van der Waals surface area contributed by atoms with Gasteiger partial charge in [0.05, 0.1) is 0 Å². The second-order valence-electron chi connectivity index (χ2n) is 5.71. The van der Waals surface area contributed by atoms with Gasteiger partial charge in [-0.3, -0.25) is 4.79 Å². The highest BCUT2D eigenvalue weighted by Crippen LogP contribution is 2.12. The highest BCUT2D eigenvalue weighted by Gasteiger charge is 2.00. The molecule has 0 bridgehead atoms. The van der Waals surface area contributed by atoms with Gasteiger partial charge in [0.25, 0.3) is 0 Å². The van der Waals surface area contributed by atoms with Crippen LogP contribution in [0.25, 0.3) is 0 Å². The van der Waals surface area contributed by atoms with Crippen LogP contribution in [0.15, 0.2) is 0 Å². The standard InChI is InChI=1S/C17H32O3/c1-16(18)13-11-9-7-5-3-4-6-8-10-12-14-17(19)15-20-2/h3-15H2,1-2H3. The summed E-state index contributed by atoms with van der Waals surface area (Å²) in [6.45, 7) is 1.94. The van der Waals surface area contributed by atoms with E-state index in [2.05, 4.69) is 0 Å². The van der Waals surface area contributed by atoms with Gasteiger partial charge >= 0.3 is 0 Å². The molecule has 0 rings (SSSR count). The van der Waals surface area contributed by atoms with Crippen molar-refractivity contribution in [2.45, 2.75) is 84.0 Å². The molecule has 0 heterocycles. The summed E-state index contributed by atoms with van der Waals surface area (Å²) in [7, 11) is 1.57. The molecule has 3 heteroatoms. The molecule has 0 unspecified atom stereocenters. The molecule has 0 radical (unpaired) electrons. The topological polar surface area (TPSA) is 43.4 Å². The highest BCUT2D eigenvalue weighted by atomic mass is 16.5. The molecule has 0 spiro atoms. The van der Waals surface area contributed by atoms with Gasteiger partial charge in [0, 0.05) is 20.0 Å². The van der Waals surface area contributed by atoms with E-state index >= 15 is 0 Å². The smallest absolute Gasteiger partial charge is 0.158 e. The van der Waals surface area contributed by atoms with E-state index in [4.69, 9.17) is 4.74 Å². The van der Waals surface area contributed by atoms with Crippen LogP contribution in [0.1, 0.15) is 84.0 Å². The lowest BCUT2D eigenvalue weighted by molar-refractivity contribution is -0.122. The third-order valence-corrected chi connectivity index (χ3v) is 3.54. The zero-order valence-corrected chi connectivity index (χ0v) is 13.4. The number of hydrogen-bond donors (Lipinski definition) is 0.